The van der Waals surface area contributed by atoms with Crippen molar-refractivity contribution in [2.45, 2.75) is 72.5 Å². The summed E-state index contributed by atoms with van der Waals surface area (Å²) in [5.74, 6) is -5.45. The van der Waals surface area contributed by atoms with E-state index in [9.17, 15) is 23.5 Å². The summed E-state index contributed by atoms with van der Waals surface area (Å²) in [6.07, 6.45) is -1.46. The predicted octanol–water partition coefficient (Wildman–Crippen LogP) is 5.39. The number of hydrogen-bond donors (Lipinski definition) is 3. The number of amides is 1. The number of halogens is 3. The molecule has 1 amide bonds. The highest BCUT2D eigenvalue weighted by atomic mass is 19.3. The molecule has 1 saturated heterocycles. The number of fused-ring (bicyclic) bond motifs is 1. The number of ether oxygens (including phenoxy) is 1. The SMILES string of the molecule is CC.Cc1[nH]c2c(C(=O)O)cc(F)c(N3CC(NC(=O)OC(C)(C)C)CC(F)(F)C3)c2c1C. The molecule has 10 heteroatoms. The zero-order chi connectivity index (χ0) is 25.3. The third-order valence-corrected chi connectivity index (χ3v) is 5.18. The molecule has 2 aromatic rings. The van der Waals surface area contributed by atoms with Crippen LogP contribution < -0.4 is 10.2 Å². The second-order valence-electron chi connectivity index (χ2n) is 8.97. The minimum atomic E-state index is -3.21. The van der Waals surface area contributed by atoms with Gasteiger partial charge >= 0.3 is 12.1 Å². The van der Waals surface area contributed by atoms with Crippen LogP contribution in [0, 0.1) is 19.7 Å². The van der Waals surface area contributed by atoms with E-state index in [1.165, 1.54) is 0 Å². The first kappa shape index (κ1) is 26.3. The van der Waals surface area contributed by atoms with Crippen molar-refractivity contribution < 1.29 is 32.6 Å². The van der Waals surface area contributed by atoms with Gasteiger partial charge in [-0.15, -0.1) is 0 Å². The summed E-state index contributed by atoms with van der Waals surface area (Å²) in [4.78, 5) is 27.8. The van der Waals surface area contributed by atoms with Crippen LogP contribution in [0.15, 0.2) is 6.07 Å². The number of alkyl halides is 2. The van der Waals surface area contributed by atoms with Crippen LogP contribution in [0.2, 0.25) is 0 Å². The monoisotopic (exact) mass is 471 g/mol. The highest BCUT2D eigenvalue weighted by Crippen LogP contribution is 2.39. The lowest BCUT2D eigenvalue weighted by Gasteiger charge is -2.39. The maximum Gasteiger partial charge on any atom is 0.407 e. The van der Waals surface area contributed by atoms with E-state index in [1.54, 1.807) is 34.6 Å². The van der Waals surface area contributed by atoms with Crippen molar-refractivity contribution in [1.29, 1.82) is 0 Å². The zero-order valence-corrected chi connectivity index (χ0v) is 20.0. The Morgan fingerprint density at radius 2 is 1.88 bits per heavy atom. The van der Waals surface area contributed by atoms with Crippen LogP contribution in [-0.2, 0) is 4.74 Å². The molecule has 0 saturated carbocycles. The minimum Gasteiger partial charge on any atom is -0.478 e. The third-order valence-electron chi connectivity index (χ3n) is 5.18. The number of carbonyl (C=O) groups excluding carboxylic acids is 1. The van der Waals surface area contributed by atoms with Gasteiger partial charge in [0.25, 0.3) is 5.92 Å². The van der Waals surface area contributed by atoms with Crippen molar-refractivity contribution in [2.75, 3.05) is 18.0 Å². The Balaban J connectivity index is 0.00000187. The van der Waals surface area contributed by atoms with Gasteiger partial charge in [-0.3, -0.25) is 0 Å². The number of nitrogens with one attached hydrogen (secondary N) is 2. The Labute approximate surface area is 191 Å². The summed E-state index contributed by atoms with van der Waals surface area (Å²) >= 11 is 0. The molecule has 1 aromatic heterocycles. The number of piperidine rings is 1. The topological polar surface area (TPSA) is 94.7 Å². The summed E-state index contributed by atoms with van der Waals surface area (Å²) in [7, 11) is 0. The number of aromatic amines is 1. The molecule has 2 heterocycles. The van der Waals surface area contributed by atoms with Crippen molar-refractivity contribution in [3.63, 3.8) is 0 Å². The van der Waals surface area contributed by atoms with Crippen molar-refractivity contribution in [2.24, 2.45) is 0 Å². The standard InChI is InChI=1S/C21H26F3N3O4.C2H6/c1-10-11(2)25-16-13(18(28)29)6-14(22)17(15(10)16)27-8-12(7-21(23,24)9-27)26-19(30)31-20(3,4)5;1-2/h6,12,25H,7-9H2,1-5H3,(H,26,30)(H,28,29);1-2H3. The summed E-state index contributed by atoms with van der Waals surface area (Å²) in [5.41, 5.74) is 0.154. The Hall–Kier alpha value is -2.91. The third kappa shape index (κ3) is 5.91. The molecule has 1 aromatic carbocycles. The van der Waals surface area contributed by atoms with E-state index in [0.717, 1.165) is 11.0 Å². The van der Waals surface area contributed by atoms with E-state index < -0.39 is 48.4 Å². The summed E-state index contributed by atoms with van der Waals surface area (Å²) in [6, 6.07) is -0.161. The Morgan fingerprint density at radius 3 is 2.42 bits per heavy atom. The quantitative estimate of drug-likeness (QED) is 0.558. The number of alkyl carbamates (subject to hydrolysis) is 1. The van der Waals surface area contributed by atoms with Crippen LogP contribution in [-0.4, -0.2) is 52.8 Å². The Morgan fingerprint density at radius 1 is 1.27 bits per heavy atom. The number of aryl methyl sites for hydroxylation is 2. The molecule has 1 fully saturated rings. The number of hydrogen-bond acceptors (Lipinski definition) is 4. The number of aromatic nitrogens is 1. The van der Waals surface area contributed by atoms with E-state index in [2.05, 4.69) is 10.3 Å². The molecule has 1 atom stereocenters. The average Bonchev–Trinajstić information content (AvgIpc) is 2.94. The largest absolute Gasteiger partial charge is 0.478 e. The lowest BCUT2D eigenvalue weighted by Crippen LogP contribution is -2.56. The number of carboxylic acids is 1. The van der Waals surface area contributed by atoms with Gasteiger partial charge in [-0.05, 0) is 46.2 Å². The van der Waals surface area contributed by atoms with E-state index in [4.69, 9.17) is 4.74 Å². The first-order valence-electron chi connectivity index (χ1n) is 10.9. The van der Waals surface area contributed by atoms with Gasteiger partial charge in [-0.1, -0.05) is 13.8 Å². The second-order valence-corrected chi connectivity index (χ2v) is 8.97. The van der Waals surface area contributed by atoms with E-state index in [-0.39, 0.29) is 28.7 Å². The molecular weight excluding hydrogens is 439 g/mol. The second kappa shape index (κ2) is 9.52. The molecule has 1 aliphatic heterocycles. The van der Waals surface area contributed by atoms with Crippen molar-refractivity contribution in [3.8, 4) is 0 Å². The molecule has 0 aliphatic carbocycles. The zero-order valence-electron chi connectivity index (χ0n) is 20.0. The fourth-order valence-electron chi connectivity index (χ4n) is 3.92. The maximum absolute atomic E-state index is 15.1. The van der Waals surface area contributed by atoms with E-state index in [0.29, 0.717) is 11.3 Å². The predicted molar refractivity (Wildman–Crippen MR) is 121 cm³/mol. The van der Waals surface area contributed by atoms with Crippen LogP contribution in [0.4, 0.5) is 23.7 Å². The summed E-state index contributed by atoms with van der Waals surface area (Å²) in [6.45, 7) is 11.5. The van der Waals surface area contributed by atoms with Gasteiger partial charge in [0.05, 0.1) is 29.4 Å². The number of H-pyrrole nitrogens is 1. The Kier molecular flexibility index (Phi) is 7.60. The van der Waals surface area contributed by atoms with Crippen LogP contribution in [0.25, 0.3) is 10.9 Å². The molecule has 0 bridgehead atoms. The first-order chi connectivity index (χ1) is 15.2. The molecule has 3 rings (SSSR count). The molecule has 0 radical (unpaired) electrons. The number of nitrogens with zero attached hydrogens (tertiary/aromatic N) is 1. The van der Waals surface area contributed by atoms with Crippen LogP contribution in [0.3, 0.4) is 0 Å². The minimum absolute atomic E-state index is 0.0864. The fraction of sp³-hybridized carbons (Fsp3) is 0.565. The van der Waals surface area contributed by atoms with Crippen LogP contribution in [0.5, 0.6) is 0 Å². The van der Waals surface area contributed by atoms with Gasteiger partial charge in [0, 0.05) is 24.0 Å². The lowest BCUT2D eigenvalue weighted by atomic mass is 9.98. The maximum atomic E-state index is 15.1. The number of carbonyl (C=O) groups is 2. The molecule has 33 heavy (non-hydrogen) atoms. The molecule has 184 valence electrons. The molecule has 1 aliphatic rings. The Bertz CT molecular complexity index is 1040. The van der Waals surface area contributed by atoms with Crippen molar-refractivity contribution in [1.82, 2.24) is 10.3 Å². The van der Waals surface area contributed by atoms with Crippen LogP contribution in [0.1, 0.15) is 62.7 Å². The van der Waals surface area contributed by atoms with Crippen molar-refractivity contribution in [3.05, 3.63) is 28.7 Å². The summed E-state index contributed by atoms with van der Waals surface area (Å²) < 4.78 is 49.4. The highest BCUT2D eigenvalue weighted by Gasteiger charge is 2.43. The molecule has 0 spiro atoms. The molecular formula is C23H32F3N3O4. The lowest BCUT2D eigenvalue weighted by molar-refractivity contribution is -0.0230. The van der Waals surface area contributed by atoms with Gasteiger partial charge < -0.3 is 25.0 Å². The van der Waals surface area contributed by atoms with Crippen LogP contribution >= 0.6 is 0 Å². The number of benzene rings is 1. The first-order valence-corrected chi connectivity index (χ1v) is 10.9. The highest BCUT2D eigenvalue weighted by molar-refractivity contribution is 6.08. The fourth-order valence-corrected chi connectivity index (χ4v) is 3.92. The number of carboxylic acid groups (broad SMARTS) is 1. The number of anilines is 1. The molecule has 7 nitrogen and oxygen atoms in total. The van der Waals surface area contributed by atoms with Gasteiger partial charge in [0.1, 0.15) is 11.4 Å². The van der Waals surface area contributed by atoms with Gasteiger partial charge in [0.15, 0.2) is 0 Å². The molecule has 3 N–H and O–H groups in total. The van der Waals surface area contributed by atoms with E-state index in [1.807, 2.05) is 13.8 Å². The summed E-state index contributed by atoms with van der Waals surface area (Å²) in [5, 5.41) is 12.1. The smallest absolute Gasteiger partial charge is 0.407 e. The normalized spacial score (nSPS) is 17.9. The molecule has 1 unspecified atom stereocenters. The van der Waals surface area contributed by atoms with Gasteiger partial charge in [-0.25, -0.2) is 22.8 Å². The average molecular weight is 472 g/mol. The van der Waals surface area contributed by atoms with Gasteiger partial charge in [-0.2, -0.15) is 0 Å². The number of rotatable bonds is 3. The number of aromatic carboxylic acids is 1. The van der Waals surface area contributed by atoms with E-state index >= 15 is 4.39 Å². The van der Waals surface area contributed by atoms with Gasteiger partial charge in [0.2, 0.25) is 0 Å². The van der Waals surface area contributed by atoms with Crippen molar-refractivity contribution >= 4 is 28.7 Å².